The number of aliphatic carboxylic acids is 1. The van der Waals surface area contributed by atoms with Crippen LogP contribution in [0.2, 0.25) is 0 Å². The van der Waals surface area contributed by atoms with E-state index in [0.717, 1.165) is 0 Å². The monoisotopic (exact) mass is 267 g/mol. The van der Waals surface area contributed by atoms with Gasteiger partial charge in [-0.1, -0.05) is 0 Å². The van der Waals surface area contributed by atoms with Gasteiger partial charge < -0.3 is 15.6 Å². The van der Waals surface area contributed by atoms with Gasteiger partial charge in [-0.05, 0) is 12.8 Å². The molecule has 0 aromatic rings. The van der Waals surface area contributed by atoms with Crippen molar-refractivity contribution in [3.8, 4) is 0 Å². The van der Waals surface area contributed by atoms with Crippen LogP contribution in [0.25, 0.3) is 0 Å². The molecular formula is C8H17N3O5S. The minimum absolute atomic E-state index is 0.178. The van der Waals surface area contributed by atoms with Crippen LogP contribution in [0, 0.1) is 0 Å². The number of hydrogen-bond acceptors (Lipinski definition) is 5. The van der Waals surface area contributed by atoms with Crippen LogP contribution < -0.4 is 15.2 Å². The average molecular weight is 267 g/mol. The van der Waals surface area contributed by atoms with Crippen LogP contribution in [0.3, 0.4) is 0 Å². The Morgan fingerprint density at radius 1 is 1.47 bits per heavy atom. The maximum Gasteiger partial charge on any atom is 0.321 e. The lowest BCUT2D eigenvalue weighted by Crippen LogP contribution is -2.49. The van der Waals surface area contributed by atoms with Crippen molar-refractivity contribution in [2.75, 3.05) is 19.8 Å². The van der Waals surface area contributed by atoms with Gasteiger partial charge in [-0.2, -0.15) is 13.1 Å². The smallest absolute Gasteiger partial charge is 0.321 e. The third-order valence-electron chi connectivity index (χ3n) is 2.35. The zero-order valence-electron chi connectivity index (χ0n) is 9.26. The Bertz CT molecular complexity index is 352. The van der Waals surface area contributed by atoms with Crippen molar-refractivity contribution < 1.29 is 23.1 Å². The predicted octanol–water partition coefficient (Wildman–Crippen LogP) is -2.00. The highest BCUT2D eigenvalue weighted by atomic mass is 32.2. The van der Waals surface area contributed by atoms with Crippen molar-refractivity contribution in [3.05, 3.63) is 0 Å². The molecule has 1 rings (SSSR count). The molecule has 0 saturated carbocycles. The van der Waals surface area contributed by atoms with Gasteiger partial charge in [0, 0.05) is 25.8 Å². The highest BCUT2D eigenvalue weighted by Gasteiger charge is 2.21. The first-order valence-corrected chi connectivity index (χ1v) is 6.72. The molecule has 8 nitrogen and oxygen atoms in total. The highest BCUT2D eigenvalue weighted by molar-refractivity contribution is 7.87. The summed E-state index contributed by atoms with van der Waals surface area (Å²) in [7, 11) is -3.71. The largest absolute Gasteiger partial charge is 0.480 e. The number of hydrogen-bond donors (Lipinski definition) is 4. The van der Waals surface area contributed by atoms with Gasteiger partial charge in [0.1, 0.15) is 6.04 Å². The quantitative estimate of drug-likeness (QED) is 0.440. The van der Waals surface area contributed by atoms with Crippen molar-refractivity contribution in [2.45, 2.75) is 24.9 Å². The molecule has 17 heavy (non-hydrogen) atoms. The molecule has 0 aliphatic carbocycles. The second-order valence-corrected chi connectivity index (χ2v) is 5.33. The molecule has 1 aliphatic heterocycles. The Balaban J connectivity index is 2.37. The van der Waals surface area contributed by atoms with Gasteiger partial charge in [0.05, 0.1) is 0 Å². The molecular weight excluding hydrogens is 250 g/mol. The Morgan fingerprint density at radius 2 is 2.06 bits per heavy atom. The maximum atomic E-state index is 11.5. The second-order valence-electron chi connectivity index (χ2n) is 3.80. The normalized spacial score (nSPS) is 20.1. The predicted molar refractivity (Wildman–Crippen MR) is 59.5 cm³/mol. The zero-order valence-corrected chi connectivity index (χ0v) is 10.1. The molecule has 0 amide bonds. The van der Waals surface area contributed by atoms with E-state index in [4.69, 9.17) is 15.6 Å². The summed E-state index contributed by atoms with van der Waals surface area (Å²) in [4.78, 5) is 10.4. The zero-order chi connectivity index (χ0) is 12.9. The third kappa shape index (κ3) is 5.41. The molecule has 1 fully saturated rings. The Labute approximate surface area is 99.7 Å². The molecule has 1 atom stereocenters. The van der Waals surface area contributed by atoms with Crippen LogP contribution in [0.5, 0.6) is 0 Å². The van der Waals surface area contributed by atoms with Crippen molar-refractivity contribution in [1.29, 1.82) is 0 Å². The highest BCUT2D eigenvalue weighted by Crippen LogP contribution is 2.06. The van der Waals surface area contributed by atoms with E-state index in [1.165, 1.54) is 0 Å². The molecule has 1 unspecified atom stereocenters. The molecule has 1 saturated heterocycles. The van der Waals surface area contributed by atoms with E-state index in [1.807, 2.05) is 0 Å². The SMILES string of the molecule is NC(CNS(=O)(=O)NC1CCOCC1)C(=O)O. The van der Waals surface area contributed by atoms with E-state index in [-0.39, 0.29) is 12.6 Å². The average Bonchev–Trinajstić information content (AvgIpc) is 2.26. The van der Waals surface area contributed by atoms with Crippen molar-refractivity contribution in [3.63, 3.8) is 0 Å². The summed E-state index contributed by atoms with van der Waals surface area (Å²) in [5.74, 6) is -1.25. The van der Waals surface area contributed by atoms with Crippen LogP contribution >= 0.6 is 0 Å². The second kappa shape index (κ2) is 6.26. The minimum Gasteiger partial charge on any atom is -0.480 e. The fourth-order valence-electron chi connectivity index (χ4n) is 1.36. The number of carboxylic acid groups (broad SMARTS) is 1. The van der Waals surface area contributed by atoms with E-state index in [1.54, 1.807) is 0 Å². The Hall–Kier alpha value is -0.740. The van der Waals surface area contributed by atoms with Crippen LogP contribution in [-0.4, -0.2) is 51.3 Å². The summed E-state index contributed by atoms with van der Waals surface area (Å²) in [5, 5.41) is 8.50. The van der Waals surface area contributed by atoms with E-state index in [0.29, 0.717) is 26.1 Å². The molecule has 100 valence electrons. The molecule has 1 aliphatic rings. The number of carbonyl (C=O) groups is 1. The van der Waals surface area contributed by atoms with Gasteiger partial charge >= 0.3 is 5.97 Å². The van der Waals surface area contributed by atoms with Crippen molar-refractivity contribution in [2.24, 2.45) is 5.73 Å². The molecule has 0 radical (unpaired) electrons. The Kier molecular flexibility index (Phi) is 5.28. The van der Waals surface area contributed by atoms with E-state index in [9.17, 15) is 13.2 Å². The molecule has 0 aromatic heterocycles. The van der Waals surface area contributed by atoms with Gasteiger partial charge in [-0.25, -0.2) is 4.72 Å². The van der Waals surface area contributed by atoms with Crippen molar-refractivity contribution in [1.82, 2.24) is 9.44 Å². The minimum atomic E-state index is -3.71. The van der Waals surface area contributed by atoms with Crippen LogP contribution in [-0.2, 0) is 19.7 Å². The molecule has 5 N–H and O–H groups in total. The fourth-order valence-corrected chi connectivity index (χ4v) is 2.52. The number of nitrogens with one attached hydrogen (secondary N) is 2. The van der Waals surface area contributed by atoms with Gasteiger partial charge in [-0.15, -0.1) is 0 Å². The summed E-state index contributed by atoms with van der Waals surface area (Å²) in [5.41, 5.74) is 5.18. The maximum absolute atomic E-state index is 11.5. The van der Waals surface area contributed by atoms with E-state index >= 15 is 0 Å². The summed E-state index contributed by atoms with van der Waals surface area (Å²) in [6.07, 6.45) is 1.21. The fraction of sp³-hybridized carbons (Fsp3) is 0.875. The van der Waals surface area contributed by atoms with Crippen LogP contribution in [0.15, 0.2) is 0 Å². The van der Waals surface area contributed by atoms with Crippen LogP contribution in [0.4, 0.5) is 0 Å². The number of rotatable bonds is 6. The van der Waals surface area contributed by atoms with Gasteiger partial charge in [0.25, 0.3) is 10.2 Å². The standard InChI is InChI=1S/C8H17N3O5S/c9-7(8(12)13)5-10-17(14,15)11-6-1-3-16-4-2-6/h6-7,10-11H,1-5,9H2,(H,12,13). The summed E-state index contributed by atoms with van der Waals surface area (Å²) < 4.78 is 32.6. The van der Waals surface area contributed by atoms with Gasteiger partial charge in [-0.3, -0.25) is 4.79 Å². The lowest BCUT2D eigenvalue weighted by Gasteiger charge is -2.23. The van der Waals surface area contributed by atoms with Crippen LogP contribution in [0.1, 0.15) is 12.8 Å². The van der Waals surface area contributed by atoms with Gasteiger partial charge in [0.15, 0.2) is 0 Å². The van der Waals surface area contributed by atoms with Crippen molar-refractivity contribution >= 4 is 16.2 Å². The molecule has 0 spiro atoms. The molecule has 0 aromatic carbocycles. The van der Waals surface area contributed by atoms with E-state index < -0.39 is 22.2 Å². The molecule has 9 heteroatoms. The summed E-state index contributed by atoms with van der Waals surface area (Å²) >= 11 is 0. The third-order valence-corrected chi connectivity index (χ3v) is 3.54. The number of carboxylic acids is 1. The molecule has 1 heterocycles. The van der Waals surface area contributed by atoms with E-state index in [2.05, 4.69) is 9.44 Å². The number of ether oxygens (including phenoxy) is 1. The van der Waals surface area contributed by atoms with Gasteiger partial charge in [0.2, 0.25) is 0 Å². The number of nitrogens with two attached hydrogens (primary N) is 1. The first kappa shape index (κ1) is 14.3. The molecule has 0 bridgehead atoms. The summed E-state index contributed by atoms with van der Waals surface area (Å²) in [6.45, 7) is 0.692. The topological polar surface area (TPSA) is 131 Å². The lowest BCUT2D eigenvalue weighted by atomic mass is 10.1. The first-order valence-electron chi connectivity index (χ1n) is 5.24. The first-order chi connectivity index (χ1) is 7.91. The Morgan fingerprint density at radius 3 is 2.59 bits per heavy atom. The summed E-state index contributed by atoms with van der Waals surface area (Å²) in [6, 6.07) is -1.43. The lowest BCUT2D eigenvalue weighted by molar-refractivity contribution is -0.138.